The van der Waals surface area contributed by atoms with E-state index in [0.717, 1.165) is 42.7 Å². The number of urea groups is 1. The zero-order chi connectivity index (χ0) is 22.7. The third kappa shape index (κ3) is 4.44. The van der Waals surface area contributed by atoms with Gasteiger partial charge in [0.2, 0.25) is 5.95 Å². The number of fused-ring (bicyclic) bond motifs is 1. The Morgan fingerprint density at radius 3 is 2.72 bits per heavy atom. The van der Waals surface area contributed by atoms with E-state index in [9.17, 15) is 9.59 Å². The van der Waals surface area contributed by atoms with Gasteiger partial charge in [0.25, 0.3) is 0 Å². The smallest absolute Gasteiger partial charge is 0.330 e. The van der Waals surface area contributed by atoms with Crippen LogP contribution in [-0.4, -0.2) is 66.7 Å². The SMILES string of the molecule is COC(=C=O)CN1CCC(Nc2ncc3c(n2)N(C)C(=O)N(c2ccccc2C)C3)CC1. The van der Waals surface area contributed by atoms with Gasteiger partial charge in [0.1, 0.15) is 5.82 Å². The van der Waals surface area contributed by atoms with E-state index in [0.29, 0.717) is 30.6 Å². The minimum absolute atomic E-state index is 0.109. The molecule has 1 aromatic carbocycles. The molecule has 2 aliphatic rings. The van der Waals surface area contributed by atoms with Crippen LogP contribution in [0, 0.1) is 6.92 Å². The van der Waals surface area contributed by atoms with Gasteiger partial charge in [-0.2, -0.15) is 4.98 Å². The molecule has 0 bridgehead atoms. The minimum atomic E-state index is -0.109. The van der Waals surface area contributed by atoms with Gasteiger partial charge in [0.05, 0.1) is 20.2 Å². The number of aryl methyl sites for hydroxylation is 1. The lowest BCUT2D eigenvalue weighted by Crippen LogP contribution is -2.46. The van der Waals surface area contributed by atoms with Crippen LogP contribution in [0.2, 0.25) is 0 Å². The van der Waals surface area contributed by atoms with Gasteiger partial charge < -0.3 is 10.1 Å². The molecule has 168 valence electrons. The second-order valence-electron chi connectivity index (χ2n) is 8.18. The number of methoxy groups -OCH3 is 1. The molecule has 1 saturated heterocycles. The number of piperidine rings is 1. The van der Waals surface area contributed by atoms with E-state index in [1.54, 1.807) is 23.0 Å². The van der Waals surface area contributed by atoms with Crippen LogP contribution in [0.1, 0.15) is 24.0 Å². The number of rotatable bonds is 6. The van der Waals surface area contributed by atoms with Crippen molar-refractivity contribution in [3.63, 3.8) is 0 Å². The molecule has 32 heavy (non-hydrogen) atoms. The molecule has 2 aliphatic heterocycles. The predicted molar refractivity (Wildman–Crippen MR) is 122 cm³/mol. The molecule has 9 nitrogen and oxygen atoms in total. The molecule has 0 aliphatic carbocycles. The summed E-state index contributed by atoms with van der Waals surface area (Å²) in [6.07, 6.45) is 3.59. The van der Waals surface area contributed by atoms with Crippen LogP contribution in [-0.2, 0) is 16.1 Å². The summed E-state index contributed by atoms with van der Waals surface area (Å²) in [5, 5.41) is 3.40. The van der Waals surface area contributed by atoms with Crippen molar-refractivity contribution < 1.29 is 14.3 Å². The van der Waals surface area contributed by atoms with Crippen molar-refractivity contribution in [1.29, 1.82) is 0 Å². The molecule has 2 amide bonds. The van der Waals surface area contributed by atoms with Crippen molar-refractivity contribution in [2.24, 2.45) is 0 Å². The standard InChI is InChI=1S/C23H28N6O3/c1-16-6-4-5-7-20(16)29-13-17-12-24-22(26-21(17)27(2)23(29)31)25-18-8-10-28(11-9-18)14-19(15-30)32-3/h4-7,12,18H,8-11,13-14H2,1-3H3,(H,24,25,26). The maximum absolute atomic E-state index is 13.0. The Morgan fingerprint density at radius 1 is 1.28 bits per heavy atom. The van der Waals surface area contributed by atoms with Crippen LogP contribution in [0.4, 0.5) is 22.2 Å². The fraction of sp³-hybridized carbons (Fsp3) is 0.435. The summed E-state index contributed by atoms with van der Waals surface area (Å²) in [6, 6.07) is 7.97. The van der Waals surface area contributed by atoms with Gasteiger partial charge in [-0.3, -0.25) is 14.7 Å². The maximum Gasteiger partial charge on any atom is 0.330 e. The number of anilines is 3. The number of ether oxygens (including phenoxy) is 1. The Bertz CT molecular complexity index is 1040. The van der Waals surface area contributed by atoms with Gasteiger partial charge in [-0.25, -0.2) is 14.6 Å². The first-order valence-corrected chi connectivity index (χ1v) is 10.7. The zero-order valence-electron chi connectivity index (χ0n) is 18.7. The summed E-state index contributed by atoms with van der Waals surface area (Å²) >= 11 is 0. The molecular formula is C23H28N6O3. The first kappa shape index (κ1) is 21.8. The van der Waals surface area contributed by atoms with E-state index in [1.807, 2.05) is 37.1 Å². The van der Waals surface area contributed by atoms with E-state index in [2.05, 4.69) is 20.2 Å². The monoisotopic (exact) mass is 436 g/mol. The second kappa shape index (κ2) is 9.38. The first-order chi connectivity index (χ1) is 15.5. The van der Waals surface area contributed by atoms with Gasteiger partial charge in [-0.05, 0) is 31.4 Å². The quantitative estimate of drug-likeness (QED) is 0.550. The van der Waals surface area contributed by atoms with Gasteiger partial charge in [-0.15, -0.1) is 0 Å². The molecule has 0 atom stereocenters. The zero-order valence-corrected chi connectivity index (χ0v) is 18.7. The number of amides is 2. The maximum atomic E-state index is 13.0. The Hall–Kier alpha value is -3.42. The van der Waals surface area contributed by atoms with Crippen LogP contribution >= 0.6 is 0 Å². The Morgan fingerprint density at radius 2 is 2.03 bits per heavy atom. The van der Waals surface area contributed by atoms with Crippen molar-refractivity contribution in [3.05, 3.63) is 47.3 Å². The number of nitrogens with zero attached hydrogens (tertiary/aromatic N) is 5. The number of benzene rings is 1. The Balaban J connectivity index is 1.42. The van der Waals surface area contributed by atoms with E-state index < -0.39 is 0 Å². The molecule has 0 saturated carbocycles. The van der Waals surface area contributed by atoms with Crippen molar-refractivity contribution in [1.82, 2.24) is 14.9 Å². The molecule has 0 unspecified atom stereocenters. The van der Waals surface area contributed by atoms with Crippen LogP contribution in [0.5, 0.6) is 0 Å². The Labute approximate surface area is 187 Å². The van der Waals surface area contributed by atoms with E-state index >= 15 is 0 Å². The number of carbonyl (C=O) groups is 1. The second-order valence-corrected chi connectivity index (χ2v) is 8.18. The summed E-state index contributed by atoms with van der Waals surface area (Å²) in [6.45, 7) is 4.58. The Kier molecular flexibility index (Phi) is 6.39. The van der Waals surface area contributed by atoms with Crippen molar-refractivity contribution >= 4 is 29.4 Å². The number of para-hydroxylation sites is 1. The lowest BCUT2D eigenvalue weighted by molar-refractivity contribution is 0.187. The molecular weight excluding hydrogens is 408 g/mol. The van der Waals surface area contributed by atoms with E-state index in [1.165, 1.54) is 7.11 Å². The lowest BCUT2D eigenvalue weighted by Gasteiger charge is -2.35. The third-order valence-corrected chi connectivity index (χ3v) is 6.06. The van der Waals surface area contributed by atoms with Crippen molar-refractivity contribution in [2.45, 2.75) is 32.4 Å². The van der Waals surface area contributed by atoms with Gasteiger partial charge >= 0.3 is 6.03 Å². The van der Waals surface area contributed by atoms with Gasteiger partial charge in [0, 0.05) is 43.6 Å². The summed E-state index contributed by atoms with van der Waals surface area (Å²) in [5.74, 6) is 3.32. The number of likely N-dealkylation sites (tertiary alicyclic amines) is 1. The molecule has 0 spiro atoms. The summed E-state index contributed by atoms with van der Waals surface area (Å²) < 4.78 is 5.02. The largest absolute Gasteiger partial charge is 0.489 e. The lowest BCUT2D eigenvalue weighted by atomic mass is 10.1. The normalized spacial score (nSPS) is 17.0. The number of hydrogen-bond donors (Lipinski definition) is 1. The average Bonchev–Trinajstić information content (AvgIpc) is 2.81. The summed E-state index contributed by atoms with van der Waals surface area (Å²) in [5.41, 5.74) is 2.85. The predicted octanol–water partition coefficient (Wildman–Crippen LogP) is 2.60. The highest BCUT2D eigenvalue weighted by Gasteiger charge is 2.31. The number of aromatic nitrogens is 2. The van der Waals surface area contributed by atoms with E-state index in [4.69, 9.17) is 4.74 Å². The van der Waals surface area contributed by atoms with Crippen LogP contribution < -0.4 is 15.1 Å². The average molecular weight is 437 g/mol. The summed E-state index contributed by atoms with van der Waals surface area (Å²) in [4.78, 5) is 38.5. The molecule has 2 aromatic rings. The van der Waals surface area contributed by atoms with Gasteiger partial charge in [0.15, 0.2) is 11.7 Å². The summed E-state index contributed by atoms with van der Waals surface area (Å²) in [7, 11) is 3.23. The van der Waals surface area contributed by atoms with Crippen LogP contribution in [0.15, 0.2) is 36.2 Å². The van der Waals surface area contributed by atoms with Crippen molar-refractivity contribution in [2.75, 3.05) is 48.9 Å². The highest BCUT2D eigenvalue weighted by molar-refractivity contribution is 6.05. The fourth-order valence-electron chi connectivity index (χ4n) is 4.19. The molecule has 4 rings (SSSR count). The number of nitrogens with one attached hydrogen (secondary N) is 1. The topological polar surface area (TPSA) is 90.9 Å². The fourth-order valence-corrected chi connectivity index (χ4v) is 4.19. The highest BCUT2D eigenvalue weighted by atomic mass is 16.5. The molecule has 0 radical (unpaired) electrons. The molecule has 3 heterocycles. The molecule has 1 aromatic heterocycles. The molecule has 9 heteroatoms. The molecule has 1 N–H and O–H groups in total. The number of carbonyl (C=O) groups excluding carboxylic acids is 2. The van der Waals surface area contributed by atoms with Crippen LogP contribution in [0.25, 0.3) is 0 Å². The van der Waals surface area contributed by atoms with Crippen LogP contribution in [0.3, 0.4) is 0 Å². The van der Waals surface area contributed by atoms with Gasteiger partial charge in [-0.1, -0.05) is 18.2 Å². The third-order valence-electron chi connectivity index (χ3n) is 6.06. The number of hydrogen-bond acceptors (Lipinski definition) is 7. The first-order valence-electron chi connectivity index (χ1n) is 10.7. The van der Waals surface area contributed by atoms with Crippen molar-refractivity contribution in [3.8, 4) is 0 Å². The minimum Gasteiger partial charge on any atom is -0.489 e. The van der Waals surface area contributed by atoms with E-state index in [-0.39, 0.29) is 12.1 Å². The highest BCUT2D eigenvalue weighted by Crippen LogP contribution is 2.31. The molecule has 1 fully saturated rings.